The topological polar surface area (TPSA) is 101 Å². The van der Waals surface area contributed by atoms with Crippen molar-refractivity contribution in [3.05, 3.63) is 56.5 Å². The van der Waals surface area contributed by atoms with Crippen molar-refractivity contribution in [1.82, 2.24) is 5.32 Å². The van der Waals surface area contributed by atoms with E-state index in [1.54, 1.807) is 24.3 Å². The average molecular weight is 303 g/mol. The highest BCUT2D eigenvalue weighted by molar-refractivity contribution is 7.15. The van der Waals surface area contributed by atoms with E-state index in [2.05, 4.69) is 10.6 Å². The number of amides is 2. The Morgan fingerprint density at radius 2 is 1.90 bits per heavy atom. The number of rotatable bonds is 4. The SMILES string of the molecule is O=C1NC(=O)c2cc(NCc3ccc([N+](=O)[O-])s3)ccc21. The maximum atomic E-state index is 11.5. The van der Waals surface area contributed by atoms with Gasteiger partial charge >= 0.3 is 5.00 Å². The molecule has 3 rings (SSSR count). The first kappa shape index (κ1) is 13.3. The van der Waals surface area contributed by atoms with Gasteiger partial charge in [-0.25, -0.2) is 0 Å². The number of imide groups is 1. The lowest BCUT2D eigenvalue weighted by atomic mass is 10.1. The highest BCUT2D eigenvalue weighted by Crippen LogP contribution is 2.25. The highest BCUT2D eigenvalue weighted by atomic mass is 32.1. The first-order valence-corrected chi connectivity index (χ1v) is 6.83. The Kier molecular flexibility index (Phi) is 3.15. The van der Waals surface area contributed by atoms with Crippen molar-refractivity contribution in [2.45, 2.75) is 6.54 Å². The molecule has 0 bridgehead atoms. The van der Waals surface area contributed by atoms with Gasteiger partial charge in [-0.05, 0) is 24.3 Å². The quantitative estimate of drug-likeness (QED) is 0.512. The van der Waals surface area contributed by atoms with Gasteiger partial charge in [0.1, 0.15) is 0 Å². The number of hydrogen-bond donors (Lipinski definition) is 2. The van der Waals surface area contributed by atoms with E-state index in [0.29, 0.717) is 23.4 Å². The Morgan fingerprint density at radius 3 is 2.62 bits per heavy atom. The van der Waals surface area contributed by atoms with Crippen LogP contribution >= 0.6 is 11.3 Å². The van der Waals surface area contributed by atoms with Gasteiger partial charge < -0.3 is 5.32 Å². The first-order valence-electron chi connectivity index (χ1n) is 6.01. The fourth-order valence-electron chi connectivity index (χ4n) is 2.03. The Labute approximate surface area is 122 Å². The van der Waals surface area contributed by atoms with Crippen molar-refractivity contribution in [2.24, 2.45) is 0 Å². The molecule has 106 valence electrons. The van der Waals surface area contributed by atoms with Gasteiger partial charge in [0.15, 0.2) is 0 Å². The summed E-state index contributed by atoms with van der Waals surface area (Å²) in [5.74, 6) is -0.805. The second-order valence-corrected chi connectivity index (χ2v) is 5.54. The van der Waals surface area contributed by atoms with Crippen LogP contribution in [0.3, 0.4) is 0 Å². The number of nitrogens with zero attached hydrogens (tertiary/aromatic N) is 1. The van der Waals surface area contributed by atoms with Crippen molar-refractivity contribution < 1.29 is 14.5 Å². The van der Waals surface area contributed by atoms with E-state index in [-0.39, 0.29) is 5.00 Å². The Morgan fingerprint density at radius 1 is 1.14 bits per heavy atom. The Hall–Kier alpha value is -2.74. The first-order chi connectivity index (χ1) is 10.0. The Balaban J connectivity index is 1.74. The molecule has 0 aliphatic carbocycles. The number of fused-ring (bicyclic) bond motifs is 1. The molecule has 0 atom stereocenters. The molecule has 2 aromatic rings. The molecule has 0 unspecified atom stereocenters. The van der Waals surface area contributed by atoms with Crippen molar-refractivity contribution in [3.63, 3.8) is 0 Å². The summed E-state index contributed by atoms with van der Waals surface area (Å²) in [6.45, 7) is 0.410. The van der Waals surface area contributed by atoms with Gasteiger partial charge in [-0.3, -0.25) is 25.0 Å². The van der Waals surface area contributed by atoms with Crippen LogP contribution in [0, 0.1) is 10.1 Å². The molecule has 0 saturated carbocycles. The number of nitrogens with one attached hydrogen (secondary N) is 2. The van der Waals surface area contributed by atoms with Crippen LogP contribution in [0.4, 0.5) is 10.7 Å². The number of hydrogen-bond acceptors (Lipinski definition) is 6. The minimum absolute atomic E-state index is 0.0886. The van der Waals surface area contributed by atoms with Crippen LogP contribution < -0.4 is 10.6 Å². The highest BCUT2D eigenvalue weighted by Gasteiger charge is 2.26. The number of carbonyl (C=O) groups excluding carboxylic acids is 2. The summed E-state index contributed by atoms with van der Waals surface area (Å²) in [5.41, 5.74) is 1.37. The molecule has 1 aromatic carbocycles. The third kappa shape index (κ3) is 2.48. The smallest absolute Gasteiger partial charge is 0.324 e. The summed E-state index contributed by atoms with van der Waals surface area (Å²) < 4.78 is 0. The molecular weight excluding hydrogens is 294 g/mol. The monoisotopic (exact) mass is 303 g/mol. The zero-order chi connectivity index (χ0) is 15.0. The fraction of sp³-hybridized carbons (Fsp3) is 0.0769. The number of benzene rings is 1. The summed E-state index contributed by atoms with van der Waals surface area (Å²) in [6, 6.07) is 8.00. The largest absolute Gasteiger partial charge is 0.380 e. The summed E-state index contributed by atoms with van der Waals surface area (Å²) in [5, 5.41) is 16.0. The molecule has 2 N–H and O–H groups in total. The molecule has 1 aromatic heterocycles. The van der Waals surface area contributed by atoms with Crippen molar-refractivity contribution >= 4 is 33.8 Å². The lowest BCUT2D eigenvalue weighted by molar-refractivity contribution is -0.380. The molecule has 1 aliphatic heterocycles. The van der Waals surface area contributed by atoms with Crippen molar-refractivity contribution in [3.8, 4) is 0 Å². The normalized spacial score (nSPS) is 13.0. The number of carbonyl (C=O) groups is 2. The van der Waals surface area contributed by atoms with Gasteiger partial charge in [-0.15, -0.1) is 0 Å². The van der Waals surface area contributed by atoms with Crippen LogP contribution in [0.1, 0.15) is 25.6 Å². The average Bonchev–Trinajstić information content (AvgIpc) is 3.03. The lowest BCUT2D eigenvalue weighted by Crippen LogP contribution is -2.19. The van der Waals surface area contributed by atoms with E-state index in [0.717, 1.165) is 16.2 Å². The summed E-state index contributed by atoms with van der Waals surface area (Å²) in [4.78, 5) is 33.9. The van der Waals surface area contributed by atoms with Crippen molar-refractivity contribution in [2.75, 3.05) is 5.32 Å². The lowest BCUT2D eigenvalue weighted by Gasteiger charge is -2.05. The molecule has 2 heterocycles. The summed E-state index contributed by atoms with van der Waals surface area (Å²) >= 11 is 1.09. The predicted octanol–water partition coefficient (Wildman–Crippen LogP) is 2.15. The molecule has 21 heavy (non-hydrogen) atoms. The standard InChI is InChI=1S/C13H9N3O4S/c17-12-9-3-1-7(5-10(9)13(18)15-12)14-6-8-2-4-11(21-8)16(19)20/h1-5,14H,6H2,(H,15,17,18). The molecule has 7 nitrogen and oxygen atoms in total. The zero-order valence-corrected chi connectivity index (χ0v) is 11.4. The Bertz CT molecular complexity index is 769. The van der Waals surface area contributed by atoms with Gasteiger partial charge in [-0.1, -0.05) is 11.3 Å². The predicted molar refractivity (Wildman–Crippen MR) is 76.5 cm³/mol. The molecule has 0 spiro atoms. The van der Waals surface area contributed by atoms with E-state index >= 15 is 0 Å². The molecule has 0 fully saturated rings. The molecule has 1 aliphatic rings. The fourth-order valence-corrected chi connectivity index (χ4v) is 2.79. The summed E-state index contributed by atoms with van der Waals surface area (Å²) in [7, 11) is 0. The zero-order valence-electron chi connectivity index (χ0n) is 10.6. The van der Waals surface area contributed by atoms with Crippen molar-refractivity contribution in [1.29, 1.82) is 0 Å². The maximum absolute atomic E-state index is 11.5. The van der Waals surface area contributed by atoms with Crippen LogP contribution in [-0.2, 0) is 6.54 Å². The number of anilines is 1. The third-order valence-corrected chi connectivity index (χ3v) is 4.07. The minimum Gasteiger partial charge on any atom is -0.380 e. The van der Waals surface area contributed by atoms with Gasteiger partial charge in [0.05, 0.1) is 16.1 Å². The van der Waals surface area contributed by atoms with Crippen LogP contribution in [0.25, 0.3) is 0 Å². The van der Waals surface area contributed by atoms with E-state index < -0.39 is 16.7 Å². The van der Waals surface area contributed by atoms with E-state index in [1.165, 1.54) is 6.07 Å². The molecule has 0 saturated heterocycles. The van der Waals surface area contributed by atoms with Crippen LogP contribution in [0.2, 0.25) is 0 Å². The van der Waals surface area contributed by atoms with E-state index in [1.807, 2.05) is 0 Å². The summed E-state index contributed by atoms with van der Waals surface area (Å²) in [6.07, 6.45) is 0. The van der Waals surface area contributed by atoms with E-state index in [9.17, 15) is 19.7 Å². The molecular formula is C13H9N3O4S. The number of thiophene rings is 1. The van der Waals surface area contributed by atoms with E-state index in [4.69, 9.17) is 0 Å². The molecule has 8 heteroatoms. The van der Waals surface area contributed by atoms with Crippen LogP contribution in [0.15, 0.2) is 30.3 Å². The van der Waals surface area contributed by atoms with Gasteiger partial charge in [-0.2, -0.15) is 0 Å². The second kappa shape index (κ2) is 4.98. The van der Waals surface area contributed by atoms with Gasteiger partial charge in [0.2, 0.25) is 0 Å². The minimum atomic E-state index is -0.431. The van der Waals surface area contributed by atoms with Crippen LogP contribution in [-0.4, -0.2) is 16.7 Å². The number of nitro groups is 1. The second-order valence-electron chi connectivity index (χ2n) is 4.39. The third-order valence-electron chi connectivity index (χ3n) is 3.03. The van der Waals surface area contributed by atoms with Gasteiger partial charge in [0.25, 0.3) is 11.8 Å². The molecule has 2 amide bonds. The molecule has 0 radical (unpaired) electrons. The van der Waals surface area contributed by atoms with Gasteiger partial charge in [0, 0.05) is 23.2 Å². The van der Waals surface area contributed by atoms with Crippen LogP contribution in [0.5, 0.6) is 0 Å². The maximum Gasteiger partial charge on any atom is 0.324 e.